The van der Waals surface area contributed by atoms with Gasteiger partial charge in [0.05, 0.1) is 6.54 Å². The summed E-state index contributed by atoms with van der Waals surface area (Å²) in [6, 6.07) is -1.01. The van der Waals surface area contributed by atoms with Crippen molar-refractivity contribution in [3.8, 4) is 0 Å². The Morgan fingerprint density at radius 2 is 1.95 bits per heavy atom. The Balaban J connectivity index is 1.84. The normalized spacial score (nSPS) is 25.3. The number of carboxylic acids is 1. The second-order valence-electron chi connectivity index (χ2n) is 5.85. The van der Waals surface area contributed by atoms with Gasteiger partial charge in [0.2, 0.25) is 5.91 Å². The summed E-state index contributed by atoms with van der Waals surface area (Å²) in [5.41, 5.74) is 0. The standard InChI is InChI=1S/C14H23N3O4/c1-2-9-5-6-17(11(7-9)13(19)20)14(21)15-8-12(18)16-10-3-4-10/h9-11H,2-8H2,1H3,(H,15,21)(H,16,18)(H,19,20). The van der Waals surface area contributed by atoms with Crippen LogP contribution in [0.1, 0.15) is 39.0 Å². The number of likely N-dealkylation sites (tertiary alicyclic amines) is 1. The number of carboxylic acid groups (broad SMARTS) is 1. The molecule has 1 saturated heterocycles. The van der Waals surface area contributed by atoms with Crippen molar-refractivity contribution in [2.24, 2.45) is 5.92 Å². The van der Waals surface area contributed by atoms with E-state index in [1.54, 1.807) is 0 Å². The van der Waals surface area contributed by atoms with Gasteiger partial charge in [-0.05, 0) is 31.6 Å². The molecule has 0 aromatic rings. The molecule has 2 unspecified atom stereocenters. The van der Waals surface area contributed by atoms with Gasteiger partial charge in [0, 0.05) is 12.6 Å². The van der Waals surface area contributed by atoms with Crippen LogP contribution in [0.3, 0.4) is 0 Å². The highest BCUT2D eigenvalue weighted by Crippen LogP contribution is 2.25. The zero-order chi connectivity index (χ0) is 15.4. The molecule has 3 N–H and O–H groups in total. The van der Waals surface area contributed by atoms with Crippen LogP contribution in [0.4, 0.5) is 4.79 Å². The Morgan fingerprint density at radius 3 is 2.52 bits per heavy atom. The number of urea groups is 1. The zero-order valence-corrected chi connectivity index (χ0v) is 12.3. The number of aliphatic carboxylic acids is 1. The van der Waals surface area contributed by atoms with E-state index in [4.69, 9.17) is 0 Å². The Kier molecular flexibility index (Phi) is 5.03. The molecule has 0 aromatic carbocycles. The van der Waals surface area contributed by atoms with Gasteiger partial charge in [0.25, 0.3) is 0 Å². The highest BCUT2D eigenvalue weighted by Gasteiger charge is 2.35. The number of nitrogens with one attached hydrogen (secondary N) is 2. The molecular formula is C14H23N3O4. The molecule has 2 rings (SSSR count). The number of hydrogen-bond donors (Lipinski definition) is 3. The lowest BCUT2D eigenvalue weighted by atomic mass is 9.89. The van der Waals surface area contributed by atoms with E-state index < -0.39 is 18.0 Å². The first kappa shape index (κ1) is 15.6. The molecule has 1 saturated carbocycles. The van der Waals surface area contributed by atoms with Gasteiger partial charge in [0.15, 0.2) is 0 Å². The SMILES string of the molecule is CCC1CCN(C(=O)NCC(=O)NC2CC2)C(C(=O)O)C1. The molecule has 0 aromatic heterocycles. The molecular weight excluding hydrogens is 274 g/mol. The maximum atomic E-state index is 12.1. The van der Waals surface area contributed by atoms with Gasteiger partial charge in [-0.3, -0.25) is 4.79 Å². The molecule has 2 atom stereocenters. The molecule has 0 radical (unpaired) electrons. The number of carbonyl (C=O) groups is 3. The van der Waals surface area contributed by atoms with Crippen molar-refractivity contribution < 1.29 is 19.5 Å². The van der Waals surface area contributed by atoms with Crippen LogP contribution in [0.2, 0.25) is 0 Å². The monoisotopic (exact) mass is 297 g/mol. The molecule has 2 aliphatic rings. The van der Waals surface area contributed by atoms with Crippen LogP contribution in [0.5, 0.6) is 0 Å². The minimum atomic E-state index is -0.981. The van der Waals surface area contributed by atoms with E-state index in [2.05, 4.69) is 10.6 Å². The van der Waals surface area contributed by atoms with Gasteiger partial charge in [0.1, 0.15) is 6.04 Å². The summed E-state index contributed by atoms with van der Waals surface area (Å²) in [4.78, 5) is 36.3. The molecule has 7 nitrogen and oxygen atoms in total. The lowest BCUT2D eigenvalue weighted by Gasteiger charge is -2.36. The summed E-state index contributed by atoms with van der Waals surface area (Å²) in [5, 5.41) is 14.6. The molecule has 2 fully saturated rings. The average molecular weight is 297 g/mol. The van der Waals surface area contributed by atoms with Crippen molar-refractivity contribution in [2.45, 2.75) is 51.1 Å². The van der Waals surface area contributed by atoms with E-state index >= 15 is 0 Å². The van der Waals surface area contributed by atoms with Gasteiger partial charge in [-0.15, -0.1) is 0 Å². The Bertz CT molecular complexity index is 422. The van der Waals surface area contributed by atoms with Crippen LogP contribution < -0.4 is 10.6 Å². The zero-order valence-electron chi connectivity index (χ0n) is 12.3. The van der Waals surface area contributed by atoms with E-state index in [0.29, 0.717) is 18.9 Å². The van der Waals surface area contributed by atoms with Crippen LogP contribution in [0, 0.1) is 5.92 Å². The quantitative estimate of drug-likeness (QED) is 0.690. The number of carbonyl (C=O) groups excluding carboxylic acids is 2. The smallest absolute Gasteiger partial charge is 0.326 e. The maximum Gasteiger partial charge on any atom is 0.326 e. The number of amides is 3. The molecule has 1 aliphatic carbocycles. The van der Waals surface area contributed by atoms with Crippen LogP contribution in [0.25, 0.3) is 0 Å². The molecule has 0 bridgehead atoms. The topological polar surface area (TPSA) is 98.7 Å². The highest BCUT2D eigenvalue weighted by molar-refractivity contribution is 5.87. The van der Waals surface area contributed by atoms with Crippen molar-refractivity contribution in [3.05, 3.63) is 0 Å². The first-order chi connectivity index (χ1) is 10.0. The third kappa shape index (κ3) is 4.34. The summed E-state index contributed by atoms with van der Waals surface area (Å²) in [5.74, 6) is -0.861. The van der Waals surface area contributed by atoms with Crippen molar-refractivity contribution in [3.63, 3.8) is 0 Å². The summed E-state index contributed by atoms with van der Waals surface area (Å²) in [7, 11) is 0. The number of rotatable bonds is 5. The van der Waals surface area contributed by atoms with Gasteiger partial charge in [-0.1, -0.05) is 13.3 Å². The molecule has 118 valence electrons. The van der Waals surface area contributed by atoms with Crippen molar-refractivity contribution in [1.29, 1.82) is 0 Å². The van der Waals surface area contributed by atoms with Crippen LogP contribution >= 0.6 is 0 Å². The molecule has 1 aliphatic heterocycles. The number of piperidine rings is 1. The van der Waals surface area contributed by atoms with E-state index in [0.717, 1.165) is 25.7 Å². The van der Waals surface area contributed by atoms with E-state index in [1.807, 2.05) is 6.92 Å². The van der Waals surface area contributed by atoms with Gasteiger partial charge in [-0.25, -0.2) is 9.59 Å². The van der Waals surface area contributed by atoms with Crippen LogP contribution in [-0.4, -0.2) is 53.1 Å². The van der Waals surface area contributed by atoms with E-state index in [-0.39, 0.29) is 18.5 Å². The maximum absolute atomic E-state index is 12.1. The van der Waals surface area contributed by atoms with Crippen LogP contribution in [-0.2, 0) is 9.59 Å². The Labute approximate surface area is 124 Å². The lowest BCUT2D eigenvalue weighted by molar-refractivity contribution is -0.144. The summed E-state index contributed by atoms with van der Waals surface area (Å²) in [6.45, 7) is 2.35. The molecule has 7 heteroatoms. The second-order valence-corrected chi connectivity index (χ2v) is 5.85. The van der Waals surface area contributed by atoms with Crippen molar-refractivity contribution in [1.82, 2.24) is 15.5 Å². The van der Waals surface area contributed by atoms with Gasteiger partial charge < -0.3 is 20.6 Å². The van der Waals surface area contributed by atoms with Gasteiger partial charge in [-0.2, -0.15) is 0 Å². The van der Waals surface area contributed by atoms with Crippen LogP contribution in [0.15, 0.2) is 0 Å². The average Bonchev–Trinajstić information content (AvgIpc) is 3.27. The molecule has 21 heavy (non-hydrogen) atoms. The summed E-state index contributed by atoms with van der Waals surface area (Å²) < 4.78 is 0. The Hall–Kier alpha value is -1.79. The molecule has 3 amide bonds. The number of hydrogen-bond acceptors (Lipinski definition) is 3. The summed E-state index contributed by atoms with van der Waals surface area (Å²) in [6.07, 6.45) is 4.19. The fourth-order valence-electron chi connectivity index (χ4n) is 2.65. The third-order valence-corrected chi connectivity index (χ3v) is 4.18. The predicted octanol–water partition coefficient (Wildman–Crippen LogP) is 0.550. The molecule has 1 heterocycles. The largest absolute Gasteiger partial charge is 0.480 e. The predicted molar refractivity (Wildman–Crippen MR) is 75.7 cm³/mol. The van der Waals surface area contributed by atoms with Crippen molar-refractivity contribution >= 4 is 17.9 Å². The minimum absolute atomic E-state index is 0.102. The minimum Gasteiger partial charge on any atom is -0.480 e. The first-order valence-corrected chi connectivity index (χ1v) is 7.58. The number of nitrogens with zero attached hydrogens (tertiary/aromatic N) is 1. The highest BCUT2D eigenvalue weighted by atomic mass is 16.4. The fourth-order valence-corrected chi connectivity index (χ4v) is 2.65. The van der Waals surface area contributed by atoms with Crippen molar-refractivity contribution in [2.75, 3.05) is 13.1 Å². The fraction of sp³-hybridized carbons (Fsp3) is 0.786. The lowest BCUT2D eigenvalue weighted by Crippen LogP contribution is -2.54. The van der Waals surface area contributed by atoms with E-state index in [1.165, 1.54) is 4.90 Å². The first-order valence-electron chi connectivity index (χ1n) is 7.58. The summed E-state index contributed by atoms with van der Waals surface area (Å²) >= 11 is 0. The Morgan fingerprint density at radius 1 is 1.24 bits per heavy atom. The van der Waals surface area contributed by atoms with Gasteiger partial charge >= 0.3 is 12.0 Å². The molecule has 0 spiro atoms. The second kappa shape index (κ2) is 6.78. The third-order valence-electron chi connectivity index (χ3n) is 4.18. The van der Waals surface area contributed by atoms with E-state index in [9.17, 15) is 19.5 Å².